The fourth-order valence-electron chi connectivity index (χ4n) is 2.16. The first-order valence-corrected chi connectivity index (χ1v) is 7.56. The average Bonchev–Trinajstić information content (AvgIpc) is 2.38. The monoisotopic (exact) mass is 280 g/mol. The average molecular weight is 280 g/mol. The molecule has 0 spiro atoms. The van der Waals surface area contributed by atoms with Crippen molar-refractivity contribution >= 4 is 10.0 Å². The smallest absolute Gasteiger partial charge is 0.242 e. The topological polar surface area (TPSA) is 86.1 Å². The summed E-state index contributed by atoms with van der Waals surface area (Å²) in [6.07, 6.45) is 3.04. The maximum Gasteiger partial charge on any atom is 0.242 e. The Balaban J connectivity index is 2.11. The van der Waals surface area contributed by atoms with Crippen LogP contribution >= 0.6 is 0 Å². The van der Waals surface area contributed by atoms with Crippen LogP contribution < -0.4 is 4.72 Å². The van der Waals surface area contributed by atoms with E-state index in [0.717, 1.165) is 19.4 Å². The minimum absolute atomic E-state index is 0.0700. The molecule has 0 aliphatic carbocycles. The number of nitrogens with zero attached hydrogens (tertiary/aromatic N) is 3. The lowest BCUT2D eigenvalue weighted by atomic mass is 10.1. The summed E-state index contributed by atoms with van der Waals surface area (Å²) in [5, 5.41) is 8.64. The van der Waals surface area contributed by atoms with Crippen LogP contribution in [-0.2, 0) is 10.0 Å². The minimum Gasteiger partial charge on any atom is -0.305 e. The number of pyridine rings is 1. The van der Waals surface area contributed by atoms with Crippen LogP contribution in [0.15, 0.2) is 23.2 Å². The molecule has 1 aliphatic heterocycles. The summed E-state index contributed by atoms with van der Waals surface area (Å²) in [5.41, 5.74) is 0.205. The summed E-state index contributed by atoms with van der Waals surface area (Å²) in [7, 11) is -1.58. The lowest BCUT2D eigenvalue weighted by Gasteiger charge is -2.29. The molecule has 1 N–H and O–H groups in total. The van der Waals surface area contributed by atoms with Crippen molar-refractivity contribution in [3.63, 3.8) is 0 Å². The van der Waals surface area contributed by atoms with E-state index in [1.165, 1.54) is 18.3 Å². The molecule has 1 fully saturated rings. The molecule has 1 atom stereocenters. The molecule has 102 valence electrons. The number of hydrogen-bond acceptors (Lipinski definition) is 5. The largest absolute Gasteiger partial charge is 0.305 e. The highest BCUT2D eigenvalue weighted by molar-refractivity contribution is 7.89. The van der Waals surface area contributed by atoms with Gasteiger partial charge in [-0.1, -0.05) is 0 Å². The second-order valence-electron chi connectivity index (χ2n) is 4.71. The number of likely N-dealkylation sites (N-methyl/N-ethyl adjacent to an activating group) is 1. The van der Waals surface area contributed by atoms with E-state index in [2.05, 4.69) is 14.6 Å². The molecule has 0 aromatic carbocycles. The normalized spacial score (nSPS) is 20.9. The molecule has 1 unspecified atom stereocenters. The molecule has 0 amide bonds. The summed E-state index contributed by atoms with van der Waals surface area (Å²) in [6, 6.07) is 4.60. The number of likely N-dealkylation sites (tertiary alicyclic amines) is 1. The van der Waals surface area contributed by atoms with E-state index in [1.807, 2.05) is 13.1 Å². The first kappa shape index (κ1) is 13.9. The predicted octanol–water partition coefficient (Wildman–Crippen LogP) is 0.326. The Bertz CT molecular complexity index is 577. The van der Waals surface area contributed by atoms with Crippen LogP contribution in [0.1, 0.15) is 18.5 Å². The van der Waals surface area contributed by atoms with Crippen LogP contribution in [0.3, 0.4) is 0 Å². The van der Waals surface area contributed by atoms with Gasteiger partial charge in [-0.05, 0) is 38.6 Å². The maximum atomic E-state index is 12.2. The van der Waals surface area contributed by atoms with Crippen LogP contribution in [0.2, 0.25) is 0 Å². The zero-order chi connectivity index (χ0) is 13.9. The Labute approximate surface area is 113 Å². The van der Waals surface area contributed by atoms with Crippen LogP contribution in [0.4, 0.5) is 0 Å². The Morgan fingerprint density at radius 2 is 2.32 bits per heavy atom. The highest BCUT2D eigenvalue weighted by Crippen LogP contribution is 2.13. The third-order valence-corrected chi connectivity index (χ3v) is 4.61. The Morgan fingerprint density at radius 1 is 1.53 bits per heavy atom. The number of nitrogens with one attached hydrogen (secondary N) is 1. The number of rotatable bonds is 3. The molecule has 1 aromatic heterocycles. The van der Waals surface area contributed by atoms with Crippen molar-refractivity contribution in [2.75, 3.05) is 20.1 Å². The summed E-state index contributed by atoms with van der Waals surface area (Å²) < 4.78 is 27.0. The molecular weight excluding hydrogens is 264 g/mol. The molecule has 1 aromatic rings. The second-order valence-corrected chi connectivity index (χ2v) is 6.43. The van der Waals surface area contributed by atoms with Gasteiger partial charge in [-0.2, -0.15) is 5.26 Å². The van der Waals surface area contributed by atoms with Gasteiger partial charge in [-0.3, -0.25) is 0 Å². The van der Waals surface area contributed by atoms with Gasteiger partial charge in [-0.15, -0.1) is 0 Å². The van der Waals surface area contributed by atoms with E-state index in [9.17, 15) is 8.42 Å². The number of hydrogen-bond donors (Lipinski definition) is 1. The lowest BCUT2D eigenvalue weighted by Crippen LogP contribution is -2.46. The van der Waals surface area contributed by atoms with E-state index < -0.39 is 10.0 Å². The Kier molecular flexibility index (Phi) is 4.14. The van der Waals surface area contributed by atoms with E-state index in [4.69, 9.17) is 5.26 Å². The van der Waals surface area contributed by atoms with Crippen molar-refractivity contribution in [2.45, 2.75) is 23.8 Å². The van der Waals surface area contributed by atoms with Gasteiger partial charge >= 0.3 is 0 Å². The lowest BCUT2D eigenvalue weighted by molar-refractivity contribution is 0.242. The van der Waals surface area contributed by atoms with Gasteiger partial charge < -0.3 is 4.90 Å². The number of sulfonamides is 1. The van der Waals surface area contributed by atoms with Gasteiger partial charge in [-0.25, -0.2) is 18.1 Å². The highest BCUT2D eigenvalue weighted by atomic mass is 32.2. The van der Waals surface area contributed by atoms with E-state index in [-0.39, 0.29) is 16.6 Å². The van der Waals surface area contributed by atoms with Gasteiger partial charge in [0.25, 0.3) is 0 Å². The molecule has 0 saturated carbocycles. The van der Waals surface area contributed by atoms with Crippen molar-refractivity contribution in [2.24, 2.45) is 0 Å². The maximum absolute atomic E-state index is 12.2. The first-order valence-electron chi connectivity index (χ1n) is 6.08. The van der Waals surface area contributed by atoms with E-state index >= 15 is 0 Å². The second kappa shape index (κ2) is 5.65. The van der Waals surface area contributed by atoms with Crippen molar-refractivity contribution < 1.29 is 8.42 Å². The number of piperidine rings is 1. The fourth-order valence-corrected chi connectivity index (χ4v) is 3.36. The van der Waals surface area contributed by atoms with Gasteiger partial charge in [0.2, 0.25) is 10.0 Å². The van der Waals surface area contributed by atoms with Crippen molar-refractivity contribution in [1.29, 1.82) is 5.26 Å². The standard InChI is InChI=1S/C12H16N4O2S/c1-16-6-2-3-11(9-16)15-19(17,18)12-5-4-10(7-13)14-8-12/h4-5,8,11,15H,2-3,6,9H2,1H3. The third-order valence-electron chi connectivity index (χ3n) is 3.11. The molecule has 2 rings (SSSR count). The predicted molar refractivity (Wildman–Crippen MR) is 69.8 cm³/mol. The van der Waals surface area contributed by atoms with Gasteiger partial charge in [0, 0.05) is 18.8 Å². The minimum atomic E-state index is -3.56. The van der Waals surface area contributed by atoms with Crippen LogP contribution in [0.25, 0.3) is 0 Å². The molecule has 6 nitrogen and oxygen atoms in total. The SMILES string of the molecule is CN1CCCC(NS(=O)(=O)c2ccc(C#N)nc2)C1. The molecule has 1 aliphatic rings. The highest BCUT2D eigenvalue weighted by Gasteiger charge is 2.23. The van der Waals surface area contributed by atoms with E-state index in [0.29, 0.717) is 6.54 Å². The van der Waals surface area contributed by atoms with Crippen LogP contribution in [0.5, 0.6) is 0 Å². The number of nitriles is 1. The molecule has 7 heteroatoms. The molecule has 0 bridgehead atoms. The fraction of sp³-hybridized carbons (Fsp3) is 0.500. The van der Waals surface area contributed by atoms with Crippen molar-refractivity contribution in [3.05, 3.63) is 24.0 Å². The van der Waals surface area contributed by atoms with Crippen molar-refractivity contribution in [1.82, 2.24) is 14.6 Å². The van der Waals surface area contributed by atoms with Gasteiger partial charge in [0.15, 0.2) is 0 Å². The quantitative estimate of drug-likeness (QED) is 0.862. The van der Waals surface area contributed by atoms with Crippen molar-refractivity contribution in [3.8, 4) is 6.07 Å². The molecule has 1 saturated heterocycles. The first-order chi connectivity index (χ1) is 9.01. The molecule has 2 heterocycles. The summed E-state index contributed by atoms with van der Waals surface area (Å²) >= 11 is 0. The summed E-state index contributed by atoms with van der Waals surface area (Å²) in [6.45, 7) is 1.71. The molecular formula is C12H16N4O2S. The Morgan fingerprint density at radius 3 is 2.89 bits per heavy atom. The van der Waals surface area contributed by atoms with Crippen LogP contribution in [-0.4, -0.2) is 44.5 Å². The number of aromatic nitrogens is 1. The van der Waals surface area contributed by atoms with Gasteiger partial charge in [0.1, 0.15) is 16.7 Å². The van der Waals surface area contributed by atoms with Crippen LogP contribution in [0, 0.1) is 11.3 Å². The Hall–Kier alpha value is -1.49. The summed E-state index contributed by atoms with van der Waals surface area (Å²) in [4.78, 5) is 5.98. The zero-order valence-corrected chi connectivity index (χ0v) is 11.5. The molecule has 19 heavy (non-hydrogen) atoms. The summed E-state index contributed by atoms with van der Waals surface area (Å²) in [5.74, 6) is 0. The zero-order valence-electron chi connectivity index (χ0n) is 10.7. The van der Waals surface area contributed by atoms with E-state index in [1.54, 1.807) is 0 Å². The van der Waals surface area contributed by atoms with Gasteiger partial charge in [0.05, 0.1) is 0 Å². The third kappa shape index (κ3) is 3.50. The molecule has 0 radical (unpaired) electrons.